The van der Waals surface area contributed by atoms with E-state index in [0.717, 1.165) is 22.6 Å². The van der Waals surface area contributed by atoms with Gasteiger partial charge in [0.25, 0.3) is 0 Å². The third kappa shape index (κ3) is 3.70. The van der Waals surface area contributed by atoms with Crippen LogP contribution in [0.4, 0.5) is 0 Å². The van der Waals surface area contributed by atoms with Crippen LogP contribution in [0.2, 0.25) is 0 Å². The number of carbonyl (C=O) groups excluding carboxylic acids is 1. The quantitative estimate of drug-likeness (QED) is 0.908. The number of aryl methyl sites for hydroxylation is 3. The highest BCUT2D eigenvalue weighted by molar-refractivity contribution is 5.76. The highest BCUT2D eigenvalue weighted by atomic mass is 16.7. The Kier molecular flexibility index (Phi) is 4.74. The molecule has 0 spiro atoms. The number of nitrogens with one attached hydrogen (secondary N) is 1. The lowest BCUT2D eigenvalue weighted by Gasteiger charge is -2.16. The minimum atomic E-state index is 0.00792. The first kappa shape index (κ1) is 16.4. The molecule has 126 valence electrons. The van der Waals surface area contributed by atoms with E-state index < -0.39 is 0 Å². The molecule has 24 heavy (non-hydrogen) atoms. The van der Waals surface area contributed by atoms with E-state index >= 15 is 0 Å². The molecular formula is C20H23NO3. The molecule has 0 saturated heterocycles. The summed E-state index contributed by atoms with van der Waals surface area (Å²) in [5, 5.41) is 3.07. The molecule has 0 aromatic heterocycles. The SMILES string of the molecule is Cc1ccc([C@H](C)NC(=O)CCc2ccc3c(c2)OCO3)cc1C. The second-order valence-electron chi connectivity index (χ2n) is 6.32. The topological polar surface area (TPSA) is 47.6 Å². The van der Waals surface area contributed by atoms with Crippen LogP contribution in [-0.4, -0.2) is 12.7 Å². The predicted molar refractivity (Wildman–Crippen MR) is 93.4 cm³/mol. The summed E-state index contributed by atoms with van der Waals surface area (Å²) in [4.78, 5) is 12.2. The van der Waals surface area contributed by atoms with Gasteiger partial charge in [-0.3, -0.25) is 4.79 Å². The minimum absolute atomic E-state index is 0.00792. The largest absolute Gasteiger partial charge is 0.454 e. The van der Waals surface area contributed by atoms with Crippen molar-refractivity contribution in [2.45, 2.75) is 39.7 Å². The molecule has 1 amide bonds. The van der Waals surface area contributed by atoms with Crippen molar-refractivity contribution in [1.82, 2.24) is 5.32 Å². The summed E-state index contributed by atoms with van der Waals surface area (Å²) >= 11 is 0. The standard InChI is InChI=1S/C20H23NO3/c1-13-4-7-17(10-14(13)2)15(3)21-20(22)9-6-16-5-8-18-19(11-16)24-12-23-18/h4-5,7-8,10-11,15H,6,9,12H2,1-3H3,(H,21,22)/t15-/m0/s1. The Morgan fingerprint density at radius 3 is 2.67 bits per heavy atom. The van der Waals surface area contributed by atoms with Gasteiger partial charge in [0.2, 0.25) is 12.7 Å². The van der Waals surface area contributed by atoms with Crippen LogP contribution in [0.5, 0.6) is 11.5 Å². The van der Waals surface area contributed by atoms with Crippen LogP contribution < -0.4 is 14.8 Å². The van der Waals surface area contributed by atoms with Crippen LogP contribution in [0.25, 0.3) is 0 Å². The van der Waals surface area contributed by atoms with Crippen LogP contribution in [-0.2, 0) is 11.2 Å². The van der Waals surface area contributed by atoms with E-state index in [-0.39, 0.29) is 18.7 Å². The molecule has 1 heterocycles. The summed E-state index contributed by atoms with van der Waals surface area (Å²) in [6, 6.07) is 12.1. The molecule has 0 bridgehead atoms. The lowest BCUT2D eigenvalue weighted by Crippen LogP contribution is -2.26. The van der Waals surface area contributed by atoms with Crippen LogP contribution in [0.3, 0.4) is 0 Å². The molecule has 1 aliphatic heterocycles. The Bertz CT molecular complexity index is 755. The van der Waals surface area contributed by atoms with Gasteiger partial charge >= 0.3 is 0 Å². The molecule has 0 aliphatic carbocycles. The number of hydrogen-bond acceptors (Lipinski definition) is 3. The van der Waals surface area contributed by atoms with Gasteiger partial charge in [-0.2, -0.15) is 0 Å². The summed E-state index contributed by atoms with van der Waals surface area (Å²) in [7, 11) is 0. The number of rotatable bonds is 5. The van der Waals surface area contributed by atoms with Gasteiger partial charge in [0.15, 0.2) is 11.5 Å². The summed E-state index contributed by atoms with van der Waals surface area (Å²) in [6.07, 6.45) is 1.14. The van der Waals surface area contributed by atoms with Gasteiger partial charge in [0.1, 0.15) is 0 Å². The minimum Gasteiger partial charge on any atom is -0.454 e. The van der Waals surface area contributed by atoms with Crippen LogP contribution >= 0.6 is 0 Å². The average molecular weight is 325 g/mol. The van der Waals surface area contributed by atoms with Crippen LogP contribution in [0.1, 0.15) is 41.6 Å². The fraction of sp³-hybridized carbons (Fsp3) is 0.350. The molecule has 2 aromatic carbocycles. The van der Waals surface area contributed by atoms with E-state index in [1.54, 1.807) is 0 Å². The lowest BCUT2D eigenvalue weighted by atomic mass is 10.0. The Morgan fingerprint density at radius 2 is 1.88 bits per heavy atom. The maximum Gasteiger partial charge on any atom is 0.231 e. The molecular weight excluding hydrogens is 302 g/mol. The van der Waals surface area contributed by atoms with Gasteiger partial charge in [-0.15, -0.1) is 0 Å². The van der Waals surface area contributed by atoms with Crippen molar-refractivity contribution in [3.63, 3.8) is 0 Å². The molecule has 1 N–H and O–H groups in total. The van der Waals surface area contributed by atoms with Gasteiger partial charge in [-0.1, -0.05) is 24.3 Å². The van der Waals surface area contributed by atoms with Gasteiger partial charge in [-0.05, 0) is 61.6 Å². The van der Waals surface area contributed by atoms with E-state index in [9.17, 15) is 4.79 Å². The van der Waals surface area contributed by atoms with Crippen LogP contribution in [0, 0.1) is 13.8 Å². The highest BCUT2D eigenvalue weighted by Gasteiger charge is 2.14. The first-order chi connectivity index (χ1) is 11.5. The molecule has 3 rings (SSSR count). The molecule has 0 saturated carbocycles. The van der Waals surface area contributed by atoms with Crippen molar-refractivity contribution in [3.05, 3.63) is 58.7 Å². The van der Waals surface area contributed by atoms with Crippen molar-refractivity contribution in [2.24, 2.45) is 0 Å². The van der Waals surface area contributed by atoms with Crippen molar-refractivity contribution in [2.75, 3.05) is 6.79 Å². The fourth-order valence-corrected chi connectivity index (χ4v) is 2.79. The third-order valence-electron chi connectivity index (χ3n) is 4.49. The average Bonchev–Trinajstić information content (AvgIpc) is 3.03. The van der Waals surface area contributed by atoms with Crippen molar-refractivity contribution < 1.29 is 14.3 Å². The monoisotopic (exact) mass is 325 g/mol. The van der Waals surface area contributed by atoms with Gasteiger partial charge in [0.05, 0.1) is 6.04 Å². The fourth-order valence-electron chi connectivity index (χ4n) is 2.79. The predicted octanol–water partition coefficient (Wildman–Crippen LogP) is 3.84. The third-order valence-corrected chi connectivity index (χ3v) is 4.49. The van der Waals surface area contributed by atoms with E-state index in [2.05, 4.69) is 37.4 Å². The van der Waals surface area contributed by atoms with Gasteiger partial charge in [0, 0.05) is 6.42 Å². The maximum absolute atomic E-state index is 12.2. The Balaban J connectivity index is 1.54. The van der Waals surface area contributed by atoms with Crippen molar-refractivity contribution in [3.8, 4) is 11.5 Å². The van der Waals surface area contributed by atoms with E-state index in [4.69, 9.17) is 9.47 Å². The molecule has 4 heteroatoms. The molecule has 0 fully saturated rings. The second kappa shape index (κ2) is 6.95. The zero-order chi connectivity index (χ0) is 17.1. The maximum atomic E-state index is 12.2. The number of carbonyl (C=O) groups is 1. The Hall–Kier alpha value is -2.49. The lowest BCUT2D eigenvalue weighted by molar-refractivity contribution is -0.121. The van der Waals surface area contributed by atoms with Crippen molar-refractivity contribution >= 4 is 5.91 Å². The Morgan fingerprint density at radius 1 is 1.08 bits per heavy atom. The number of hydrogen-bond donors (Lipinski definition) is 1. The van der Waals surface area contributed by atoms with Gasteiger partial charge < -0.3 is 14.8 Å². The zero-order valence-corrected chi connectivity index (χ0v) is 14.4. The second-order valence-corrected chi connectivity index (χ2v) is 6.32. The molecule has 0 unspecified atom stereocenters. The smallest absolute Gasteiger partial charge is 0.231 e. The van der Waals surface area contributed by atoms with E-state index in [0.29, 0.717) is 12.8 Å². The number of fused-ring (bicyclic) bond motifs is 1. The van der Waals surface area contributed by atoms with Gasteiger partial charge in [-0.25, -0.2) is 0 Å². The number of amides is 1. The van der Waals surface area contributed by atoms with Crippen molar-refractivity contribution in [1.29, 1.82) is 0 Å². The molecule has 1 atom stereocenters. The summed E-state index contributed by atoms with van der Waals surface area (Å²) in [5.74, 6) is 1.58. The van der Waals surface area contributed by atoms with E-state index in [1.165, 1.54) is 11.1 Å². The zero-order valence-electron chi connectivity index (χ0n) is 14.4. The normalized spacial score (nSPS) is 13.6. The number of benzene rings is 2. The molecule has 1 aliphatic rings. The molecule has 0 radical (unpaired) electrons. The summed E-state index contributed by atoms with van der Waals surface area (Å²) in [5.41, 5.74) is 4.72. The van der Waals surface area contributed by atoms with Crippen LogP contribution in [0.15, 0.2) is 36.4 Å². The summed E-state index contributed by atoms with van der Waals surface area (Å²) < 4.78 is 10.7. The number of ether oxygens (including phenoxy) is 2. The molecule has 2 aromatic rings. The Labute approximate surface area is 142 Å². The van der Waals surface area contributed by atoms with E-state index in [1.807, 2.05) is 25.1 Å². The molecule has 4 nitrogen and oxygen atoms in total. The highest BCUT2D eigenvalue weighted by Crippen LogP contribution is 2.32. The summed E-state index contributed by atoms with van der Waals surface area (Å²) in [6.45, 7) is 6.47. The first-order valence-corrected chi connectivity index (χ1v) is 8.28. The first-order valence-electron chi connectivity index (χ1n) is 8.28.